The van der Waals surface area contributed by atoms with E-state index in [1.54, 1.807) is 0 Å². The van der Waals surface area contributed by atoms with Gasteiger partial charge in [0, 0.05) is 38.8 Å². The average molecular weight is 346 g/mol. The number of benzene rings is 1. The van der Waals surface area contributed by atoms with E-state index in [4.69, 9.17) is 14.2 Å². The van der Waals surface area contributed by atoms with E-state index in [-0.39, 0.29) is 30.6 Å². The molecule has 0 saturated carbocycles. The third kappa shape index (κ3) is 3.42. The second kappa shape index (κ2) is 6.92. The molecule has 2 amide bonds. The molecular weight excluding hydrogens is 324 g/mol. The van der Waals surface area contributed by atoms with Crippen molar-refractivity contribution in [2.75, 3.05) is 26.6 Å². The highest BCUT2D eigenvalue weighted by Crippen LogP contribution is 2.32. The van der Waals surface area contributed by atoms with Crippen molar-refractivity contribution in [3.8, 4) is 11.5 Å². The zero-order valence-electron chi connectivity index (χ0n) is 14.0. The number of likely N-dealkylation sites (tertiary alicyclic amines) is 1. The zero-order chi connectivity index (χ0) is 17.2. The number of fused-ring (bicyclic) bond motifs is 1. The lowest BCUT2D eigenvalue weighted by Gasteiger charge is -2.31. The Kier molecular flexibility index (Phi) is 4.48. The molecule has 4 rings (SSSR count). The van der Waals surface area contributed by atoms with Crippen LogP contribution in [0.3, 0.4) is 0 Å². The monoisotopic (exact) mass is 346 g/mol. The van der Waals surface area contributed by atoms with Crippen LogP contribution < -0.4 is 14.8 Å². The Bertz CT molecular complexity index is 671. The van der Waals surface area contributed by atoms with Gasteiger partial charge in [0.15, 0.2) is 11.5 Å². The largest absolute Gasteiger partial charge is 0.454 e. The van der Waals surface area contributed by atoms with Gasteiger partial charge in [0.2, 0.25) is 18.6 Å². The number of hydrogen-bond acceptors (Lipinski definition) is 5. The third-order valence-electron chi connectivity index (χ3n) is 5.06. The van der Waals surface area contributed by atoms with Gasteiger partial charge in [-0.3, -0.25) is 9.59 Å². The van der Waals surface area contributed by atoms with Crippen LogP contribution in [0.5, 0.6) is 11.5 Å². The van der Waals surface area contributed by atoms with Crippen LogP contribution in [0.2, 0.25) is 0 Å². The molecule has 3 aliphatic heterocycles. The molecule has 1 N–H and O–H groups in total. The lowest BCUT2D eigenvalue weighted by molar-refractivity contribution is -0.131. The first-order chi connectivity index (χ1) is 12.2. The van der Waals surface area contributed by atoms with Gasteiger partial charge in [0.05, 0.1) is 5.92 Å². The number of rotatable bonds is 4. The number of carbonyl (C=O) groups is 2. The highest BCUT2D eigenvalue weighted by Gasteiger charge is 2.38. The minimum absolute atomic E-state index is 0.0689. The maximum Gasteiger partial charge on any atom is 0.231 e. The van der Waals surface area contributed by atoms with Crippen molar-refractivity contribution < 1.29 is 23.8 Å². The molecule has 0 aliphatic carbocycles. The molecule has 0 spiro atoms. The predicted molar refractivity (Wildman–Crippen MR) is 88.1 cm³/mol. The van der Waals surface area contributed by atoms with Gasteiger partial charge in [-0.1, -0.05) is 6.07 Å². The van der Waals surface area contributed by atoms with E-state index in [9.17, 15) is 9.59 Å². The fraction of sp³-hybridized carbons (Fsp3) is 0.556. The first kappa shape index (κ1) is 16.2. The topological polar surface area (TPSA) is 77.1 Å². The van der Waals surface area contributed by atoms with Gasteiger partial charge in [0.25, 0.3) is 0 Å². The Labute approximate surface area is 146 Å². The van der Waals surface area contributed by atoms with Gasteiger partial charge in [0.1, 0.15) is 0 Å². The van der Waals surface area contributed by atoms with Crippen molar-refractivity contribution in [3.05, 3.63) is 23.8 Å². The van der Waals surface area contributed by atoms with E-state index < -0.39 is 0 Å². The molecule has 0 aromatic heterocycles. The molecule has 7 nitrogen and oxygen atoms in total. The molecule has 2 saturated heterocycles. The molecule has 1 atom stereocenters. The molecule has 3 heterocycles. The van der Waals surface area contributed by atoms with Crippen molar-refractivity contribution in [1.29, 1.82) is 0 Å². The van der Waals surface area contributed by atoms with Gasteiger partial charge in [-0.2, -0.15) is 0 Å². The quantitative estimate of drug-likeness (QED) is 0.882. The van der Waals surface area contributed by atoms with Crippen LogP contribution >= 0.6 is 0 Å². The van der Waals surface area contributed by atoms with Crippen LogP contribution in [0.1, 0.15) is 24.8 Å². The first-order valence-electron chi connectivity index (χ1n) is 8.74. The summed E-state index contributed by atoms with van der Waals surface area (Å²) < 4.78 is 16.0. The van der Waals surface area contributed by atoms with E-state index >= 15 is 0 Å². The van der Waals surface area contributed by atoms with Crippen LogP contribution in [0.4, 0.5) is 0 Å². The number of amides is 2. The normalized spacial score (nSPS) is 23.1. The van der Waals surface area contributed by atoms with E-state index in [1.165, 1.54) is 0 Å². The smallest absolute Gasteiger partial charge is 0.231 e. The summed E-state index contributed by atoms with van der Waals surface area (Å²) in [6.07, 6.45) is 2.01. The maximum atomic E-state index is 12.5. The summed E-state index contributed by atoms with van der Waals surface area (Å²) in [5, 5.41) is 2.94. The number of carbonyl (C=O) groups excluding carboxylic acids is 2. The summed E-state index contributed by atoms with van der Waals surface area (Å²) in [6, 6.07) is 5.84. The molecular formula is C18H22N2O5. The molecule has 2 fully saturated rings. The lowest BCUT2D eigenvalue weighted by Crippen LogP contribution is -2.41. The highest BCUT2D eigenvalue weighted by molar-refractivity contribution is 5.89. The average Bonchev–Trinajstić information content (AvgIpc) is 3.26. The number of nitrogens with one attached hydrogen (secondary N) is 1. The standard InChI is InChI=1S/C18H22N2O5/c21-17-8-13(10-20(17)14-3-5-23-6-4-14)18(22)19-9-12-1-2-15-16(7-12)25-11-24-15/h1-2,7,13-14H,3-6,8-11H2,(H,19,22). The summed E-state index contributed by atoms with van der Waals surface area (Å²) in [5.74, 6) is 1.16. The van der Waals surface area contributed by atoms with E-state index in [1.807, 2.05) is 23.1 Å². The highest BCUT2D eigenvalue weighted by atomic mass is 16.7. The number of nitrogens with zero attached hydrogens (tertiary/aromatic N) is 1. The van der Waals surface area contributed by atoms with Gasteiger partial charge in [-0.25, -0.2) is 0 Å². The van der Waals surface area contributed by atoms with Crippen molar-refractivity contribution in [1.82, 2.24) is 10.2 Å². The van der Waals surface area contributed by atoms with E-state index in [0.717, 1.165) is 24.2 Å². The molecule has 7 heteroatoms. The second-order valence-electron chi connectivity index (χ2n) is 6.70. The fourth-order valence-corrected chi connectivity index (χ4v) is 3.64. The van der Waals surface area contributed by atoms with Gasteiger partial charge in [-0.15, -0.1) is 0 Å². The Morgan fingerprint density at radius 1 is 1.20 bits per heavy atom. The summed E-state index contributed by atoms with van der Waals surface area (Å²) in [4.78, 5) is 26.6. The summed E-state index contributed by atoms with van der Waals surface area (Å²) in [6.45, 7) is 2.54. The van der Waals surface area contributed by atoms with Crippen LogP contribution in [-0.2, 0) is 20.9 Å². The van der Waals surface area contributed by atoms with Crippen molar-refractivity contribution in [2.24, 2.45) is 5.92 Å². The van der Waals surface area contributed by atoms with Crippen molar-refractivity contribution >= 4 is 11.8 Å². The SMILES string of the molecule is O=C(NCc1ccc2c(c1)OCO2)C1CC(=O)N(C2CCOCC2)C1. The van der Waals surface area contributed by atoms with Gasteiger partial charge in [-0.05, 0) is 30.5 Å². The first-order valence-corrected chi connectivity index (χ1v) is 8.74. The summed E-state index contributed by atoms with van der Waals surface area (Å²) >= 11 is 0. The predicted octanol–water partition coefficient (Wildman–Crippen LogP) is 1.06. The number of ether oxygens (including phenoxy) is 3. The second-order valence-corrected chi connectivity index (χ2v) is 6.70. The summed E-state index contributed by atoms with van der Waals surface area (Å²) in [7, 11) is 0. The van der Waals surface area contributed by atoms with Gasteiger partial charge >= 0.3 is 0 Å². The zero-order valence-corrected chi connectivity index (χ0v) is 14.0. The van der Waals surface area contributed by atoms with Crippen molar-refractivity contribution in [2.45, 2.75) is 31.8 Å². The molecule has 1 aromatic rings. The Morgan fingerprint density at radius 3 is 2.84 bits per heavy atom. The molecule has 134 valence electrons. The summed E-state index contributed by atoms with van der Waals surface area (Å²) in [5.41, 5.74) is 0.947. The van der Waals surface area contributed by atoms with E-state index in [0.29, 0.717) is 38.5 Å². The Balaban J connectivity index is 1.31. The Morgan fingerprint density at radius 2 is 2.00 bits per heavy atom. The minimum atomic E-state index is -0.274. The van der Waals surface area contributed by atoms with E-state index in [2.05, 4.69) is 5.32 Å². The number of hydrogen-bond donors (Lipinski definition) is 1. The molecule has 1 aromatic carbocycles. The van der Waals surface area contributed by atoms with Gasteiger partial charge < -0.3 is 24.4 Å². The molecule has 1 unspecified atom stereocenters. The van der Waals surface area contributed by atoms with Crippen molar-refractivity contribution in [3.63, 3.8) is 0 Å². The van der Waals surface area contributed by atoms with Crippen LogP contribution in [0.25, 0.3) is 0 Å². The fourth-order valence-electron chi connectivity index (χ4n) is 3.64. The Hall–Kier alpha value is -2.28. The van der Waals surface area contributed by atoms with Crippen LogP contribution in [-0.4, -0.2) is 49.3 Å². The maximum absolute atomic E-state index is 12.5. The molecule has 0 bridgehead atoms. The molecule has 0 radical (unpaired) electrons. The third-order valence-corrected chi connectivity index (χ3v) is 5.06. The lowest BCUT2D eigenvalue weighted by atomic mass is 10.1. The molecule has 25 heavy (non-hydrogen) atoms. The minimum Gasteiger partial charge on any atom is -0.454 e. The van der Waals surface area contributed by atoms with Crippen LogP contribution in [0.15, 0.2) is 18.2 Å². The van der Waals surface area contributed by atoms with Crippen LogP contribution in [0, 0.1) is 5.92 Å². The molecule has 3 aliphatic rings.